The minimum absolute atomic E-state index is 0.00276. The van der Waals surface area contributed by atoms with E-state index in [1.807, 2.05) is 6.92 Å². The number of carbonyl (C=O) groups is 4. The van der Waals surface area contributed by atoms with E-state index in [0.29, 0.717) is 17.9 Å². The largest absolute Gasteiger partial charge is 0.493 e. The van der Waals surface area contributed by atoms with Crippen LogP contribution in [0.2, 0.25) is 0 Å². The lowest BCUT2D eigenvalue weighted by Gasteiger charge is -2.25. The Morgan fingerprint density at radius 2 is 1.82 bits per heavy atom. The number of rotatable bonds is 2. The molecule has 2 aromatic carbocycles. The van der Waals surface area contributed by atoms with Crippen LogP contribution < -0.4 is 25.4 Å². The summed E-state index contributed by atoms with van der Waals surface area (Å²) in [5.74, 6) is -0.714. The highest BCUT2D eigenvalue weighted by atomic mass is 16.5. The number of amides is 4. The molecule has 2 bridgehead atoms. The number of nitrogens with one attached hydrogen (secondary N) is 3. The van der Waals surface area contributed by atoms with Gasteiger partial charge in [0.15, 0.2) is 0 Å². The molecule has 0 spiro atoms. The molecule has 0 aromatic heterocycles. The molecule has 0 unspecified atom stereocenters. The van der Waals surface area contributed by atoms with Gasteiger partial charge in [-0.2, -0.15) is 0 Å². The Labute approximate surface area is 226 Å². The number of fused-ring (bicyclic) bond motifs is 3. The first-order valence-corrected chi connectivity index (χ1v) is 13.0. The highest BCUT2D eigenvalue weighted by molar-refractivity contribution is 5.98. The minimum atomic E-state index is -1.23. The van der Waals surface area contributed by atoms with Crippen molar-refractivity contribution in [2.45, 2.75) is 38.8 Å². The van der Waals surface area contributed by atoms with Crippen molar-refractivity contribution in [2.75, 3.05) is 39.4 Å². The zero-order chi connectivity index (χ0) is 27.9. The molecule has 4 N–H and O–H groups in total. The number of hydrogen-bond donors (Lipinski definition) is 4. The summed E-state index contributed by atoms with van der Waals surface area (Å²) in [4.78, 5) is 53.3. The van der Waals surface area contributed by atoms with Gasteiger partial charge in [0.05, 0.1) is 25.8 Å². The van der Waals surface area contributed by atoms with Gasteiger partial charge in [-0.25, -0.2) is 0 Å². The molecule has 0 aliphatic carbocycles. The van der Waals surface area contributed by atoms with Crippen LogP contribution in [0.4, 0.5) is 0 Å². The average molecular weight is 539 g/mol. The number of aryl methyl sites for hydroxylation is 2. The molecule has 2 atom stereocenters. The van der Waals surface area contributed by atoms with Crippen molar-refractivity contribution in [1.82, 2.24) is 20.9 Å². The molecule has 208 valence electrons. The van der Waals surface area contributed by atoms with Crippen molar-refractivity contribution in [1.29, 1.82) is 0 Å². The van der Waals surface area contributed by atoms with Crippen LogP contribution in [0.3, 0.4) is 0 Å². The SMILES string of the molecule is Cc1ccc2cc1OCCNC(=O)CN(C(=O)c1ccc3c(c1)CCCO3)CCNC(=O)[C@H]([C@@H](C)O)NC2=O. The molecule has 2 aliphatic rings. The summed E-state index contributed by atoms with van der Waals surface area (Å²) in [7, 11) is 0. The highest BCUT2D eigenvalue weighted by Crippen LogP contribution is 2.26. The van der Waals surface area contributed by atoms with Gasteiger partial charge in [-0.1, -0.05) is 6.07 Å². The Morgan fingerprint density at radius 3 is 2.62 bits per heavy atom. The second kappa shape index (κ2) is 12.6. The van der Waals surface area contributed by atoms with E-state index < -0.39 is 24.0 Å². The van der Waals surface area contributed by atoms with Gasteiger partial charge < -0.3 is 35.4 Å². The first-order chi connectivity index (χ1) is 18.7. The van der Waals surface area contributed by atoms with Crippen molar-refractivity contribution in [3.05, 3.63) is 58.7 Å². The van der Waals surface area contributed by atoms with Crippen molar-refractivity contribution in [3.63, 3.8) is 0 Å². The highest BCUT2D eigenvalue weighted by Gasteiger charge is 2.27. The zero-order valence-corrected chi connectivity index (χ0v) is 22.1. The van der Waals surface area contributed by atoms with Crippen LogP contribution in [-0.2, 0) is 16.0 Å². The van der Waals surface area contributed by atoms with Crippen LogP contribution in [0.1, 0.15) is 45.2 Å². The van der Waals surface area contributed by atoms with Gasteiger partial charge >= 0.3 is 0 Å². The quantitative estimate of drug-likeness (QED) is 0.437. The summed E-state index contributed by atoms with van der Waals surface area (Å²) in [5, 5.41) is 18.2. The van der Waals surface area contributed by atoms with Crippen LogP contribution in [0.5, 0.6) is 11.5 Å². The van der Waals surface area contributed by atoms with E-state index >= 15 is 0 Å². The molecular formula is C28H34N4O7. The number of carbonyl (C=O) groups excluding carboxylic acids is 4. The van der Waals surface area contributed by atoms with E-state index in [0.717, 1.165) is 29.7 Å². The Kier molecular flexibility index (Phi) is 9.03. The third-order valence-corrected chi connectivity index (χ3v) is 6.64. The Bertz CT molecular complexity index is 1250. The van der Waals surface area contributed by atoms with Gasteiger partial charge in [0.25, 0.3) is 11.8 Å². The molecule has 2 aromatic rings. The first kappa shape index (κ1) is 27.9. The molecule has 11 heteroatoms. The molecule has 2 heterocycles. The van der Waals surface area contributed by atoms with Crippen LogP contribution in [0.15, 0.2) is 36.4 Å². The van der Waals surface area contributed by atoms with E-state index in [1.165, 1.54) is 11.8 Å². The van der Waals surface area contributed by atoms with Crippen LogP contribution in [0.25, 0.3) is 0 Å². The lowest BCUT2D eigenvalue weighted by atomic mass is 10.0. The molecule has 4 amide bonds. The molecule has 4 rings (SSSR count). The van der Waals surface area contributed by atoms with Crippen molar-refractivity contribution < 1.29 is 33.8 Å². The van der Waals surface area contributed by atoms with Crippen LogP contribution >= 0.6 is 0 Å². The summed E-state index contributed by atoms with van der Waals surface area (Å²) in [6, 6.07) is 8.82. The van der Waals surface area contributed by atoms with Gasteiger partial charge in [-0.15, -0.1) is 0 Å². The third-order valence-electron chi connectivity index (χ3n) is 6.64. The minimum Gasteiger partial charge on any atom is -0.493 e. The number of aliphatic hydroxyl groups is 1. The summed E-state index contributed by atoms with van der Waals surface area (Å²) in [5.41, 5.74) is 2.39. The Hall–Kier alpha value is -4.12. The number of hydrogen-bond acceptors (Lipinski definition) is 7. The maximum absolute atomic E-state index is 13.4. The van der Waals surface area contributed by atoms with Crippen molar-refractivity contribution >= 4 is 23.6 Å². The Morgan fingerprint density at radius 1 is 1.03 bits per heavy atom. The van der Waals surface area contributed by atoms with E-state index in [4.69, 9.17) is 9.47 Å². The topological polar surface area (TPSA) is 146 Å². The zero-order valence-electron chi connectivity index (χ0n) is 22.1. The summed E-state index contributed by atoms with van der Waals surface area (Å²) in [6.45, 7) is 3.99. The molecule has 39 heavy (non-hydrogen) atoms. The molecule has 0 fully saturated rings. The lowest BCUT2D eigenvalue weighted by molar-refractivity contribution is -0.125. The van der Waals surface area contributed by atoms with E-state index in [2.05, 4.69) is 16.0 Å². The molecule has 0 saturated heterocycles. The van der Waals surface area contributed by atoms with Crippen molar-refractivity contribution in [2.24, 2.45) is 0 Å². The fourth-order valence-corrected chi connectivity index (χ4v) is 4.46. The second-order valence-corrected chi connectivity index (χ2v) is 9.66. The number of benzene rings is 2. The van der Waals surface area contributed by atoms with Gasteiger partial charge in [-0.3, -0.25) is 19.2 Å². The monoisotopic (exact) mass is 538 g/mol. The standard InChI is InChI=1S/C28H34N4O7/c1-17-5-6-20-15-23(17)39-13-10-29-24(34)16-32(11-9-30-27(36)25(18(2)33)31-26(20)35)28(37)21-7-8-22-19(14-21)4-3-12-38-22/h5-8,14-15,18,25,33H,3-4,9-13,16H2,1-2H3,(H,29,34)(H,30,36)(H,31,35)/t18-,25+/m1/s1. The fraction of sp³-hybridized carbons (Fsp3) is 0.429. The van der Waals surface area contributed by atoms with Gasteiger partial charge in [0, 0.05) is 24.2 Å². The fourth-order valence-electron chi connectivity index (χ4n) is 4.46. The normalized spacial score (nSPS) is 19.7. The molecule has 0 saturated carbocycles. The van der Waals surface area contributed by atoms with Gasteiger partial charge in [0.2, 0.25) is 11.8 Å². The smallest absolute Gasteiger partial charge is 0.254 e. The summed E-state index contributed by atoms with van der Waals surface area (Å²) in [6.07, 6.45) is 0.468. The summed E-state index contributed by atoms with van der Waals surface area (Å²) >= 11 is 0. The average Bonchev–Trinajstić information content (AvgIpc) is 2.92. The summed E-state index contributed by atoms with van der Waals surface area (Å²) < 4.78 is 11.4. The predicted molar refractivity (Wildman–Crippen MR) is 142 cm³/mol. The van der Waals surface area contributed by atoms with Gasteiger partial charge in [-0.05, 0) is 68.1 Å². The first-order valence-electron chi connectivity index (χ1n) is 13.0. The molecule has 2 aliphatic heterocycles. The second-order valence-electron chi connectivity index (χ2n) is 9.66. The van der Waals surface area contributed by atoms with Crippen molar-refractivity contribution in [3.8, 4) is 11.5 Å². The maximum Gasteiger partial charge on any atom is 0.254 e. The van der Waals surface area contributed by atoms with Crippen LogP contribution in [0, 0.1) is 6.92 Å². The molecular weight excluding hydrogens is 504 g/mol. The Balaban J connectivity index is 1.54. The molecule has 0 radical (unpaired) electrons. The number of nitrogens with zero attached hydrogens (tertiary/aromatic N) is 1. The number of aliphatic hydroxyl groups excluding tert-OH is 1. The third kappa shape index (κ3) is 7.05. The van der Waals surface area contributed by atoms with E-state index in [9.17, 15) is 24.3 Å². The van der Waals surface area contributed by atoms with Gasteiger partial charge in [0.1, 0.15) is 24.1 Å². The number of ether oxygens (including phenoxy) is 2. The van der Waals surface area contributed by atoms with E-state index in [1.54, 1.807) is 36.4 Å². The maximum atomic E-state index is 13.4. The lowest BCUT2D eigenvalue weighted by Crippen LogP contribution is -2.53. The van der Waals surface area contributed by atoms with Crippen LogP contribution in [-0.4, -0.2) is 85.2 Å². The van der Waals surface area contributed by atoms with E-state index in [-0.39, 0.29) is 50.2 Å². The predicted octanol–water partition coefficient (Wildman–Crippen LogP) is 0.566. The molecule has 11 nitrogen and oxygen atoms in total.